The van der Waals surface area contributed by atoms with Gasteiger partial charge in [-0.05, 0) is 31.0 Å². The summed E-state index contributed by atoms with van der Waals surface area (Å²) in [6.45, 7) is -1.38. The lowest BCUT2D eigenvalue weighted by atomic mass is 9.97. The molecule has 25 heavy (non-hydrogen) atoms. The van der Waals surface area contributed by atoms with Crippen LogP contribution in [0.4, 0.5) is 13.2 Å². The number of rotatable bonds is 4. The van der Waals surface area contributed by atoms with Gasteiger partial charge in [0.15, 0.2) is 0 Å². The Balaban J connectivity index is 2.02. The molecule has 0 radical (unpaired) electrons. The summed E-state index contributed by atoms with van der Waals surface area (Å²) < 4.78 is 62.8. The Kier molecular flexibility index (Phi) is 6.24. The lowest BCUT2D eigenvalue weighted by Gasteiger charge is -2.30. The maximum Gasteiger partial charge on any atom is 0.405 e. The van der Waals surface area contributed by atoms with E-state index >= 15 is 0 Å². The van der Waals surface area contributed by atoms with Crippen LogP contribution in [0.5, 0.6) is 0 Å². The van der Waals surface area contributed by atoms with E-state index in [-0.39, 0.29) is 40.9 Å². The summed E-state index contributed by atoms with van der Waals surface area (Å²) in [7, 11) is -3.89. The molecule has 0 unspecified atom stereocenters. The Hall–Kier alpha value is -1.03. The van der Waals surface area contributed by atoms with Gasteiger partial charge < -0.3 is 5.32 Å². The van der Waals surface area contributed by atoms with Gasteiger partial charge in [0.25, 0.3) is 0 Å². The normalized spacial score (nSPS) is 17.5. The second-order valence-electron chi connectivity index (χ2n) is 5.59. The molecule has 1 amide bonds. The highest BCUT2D eigenvalue weighted by molar-refractivity contribution is 7.89. The first kappa shape index (κ1) is 20.3. The fraction of sp³-hybridized carbons (Fsp3) is 0.500. The smallest absolute Gasteiger partial charge is 0.347 e. The molecule has 0 saturated carbocycles. The van der Waals surface area contributed by atoms with Crippen molar-refractivity contribution in [3.8, 4) is 0 Å². The second-order valence-corrected chi connectivity index (χ2v) is 8.34. The highest BCUT2D eigenvalue weighted by Gasteiger charge is 2.35. The molecular formula is C14H15Cl2F3N2O3S. The first-order valence-electron chi connectivity index (χ1n) is 7.30. The summed E-state index contributed by atoms with van der Waals surface area (Å²) in [6, 6.07) is 4.07. The third kappa shape index (κ3) is 5.22. The van der Waals surface area contributed by atoms with Gasteiger partial charge in [-0.15, -0.1) is 0 Å². The van der Waals surface area contributed by atoms with Crippen LogP contribution in [-0.2, 0) is 14.8 Å². The van der Waals surface area contributed by atoms with Gasteiger partial charge >= 0.3 is 6.18 Å². The van der Waals surface area contributed by atoms with E-state index < -0.39 is 34.6 Å². The molecule has 1 aromatic rings. The zero-order valence-electron chi connectivity index (χ0n) is 12.8. The van der Waals surface area contributed by atoms with Crippen molar-refractivity contribution < 1.29 is 26.4 Å². The molecule has 1 aromatic carbocycles. The number of sulfonamides is 1. The number of halogens is 5. The van der Waals surface area contributed by atoms with E-state index in [9.17, 15) is 26.4 Å². The van der Waals surface area contributed by atoms with E-state index in [0.717, 1.165) is 4.31 Å². The minimum Gasteiger partial charge on any atom is -0.347 e. The summed E-state index contributed by atoms with van der Waals surface area (Å²) in [4.78, 5) is 11.6. The van der Waals surface area contributed by atoms with Crippen LogP contribution < -0.4 is 5.32 Å². The molecular weight excluding hydrogens is 404 g/mol. The van der Waals surface area contributed by atoms with Crippen LogP contribution in [0.1, 0.15) is 12.8 Å². The van der Waals surface area contributed by atoms with Gasteiger partial charge in [-0.1, -0.05) is 23.2 Å². The minimum atomic E-state index is -4.48. The first-order chi connectivity index (χ1) is 11.5. The van der Waals surface area contributed by atoms with Crippen molar-refractivity contribution in [2.75, 3.05) is 19.6 Å². The lowest BCUT2D eigenvalue weighted by molar-refractivity contribution is -0.141. The SMILES string of the molecule is O=C(NCC(F)(F)F)C1CCN(S(=O)(=O)c2cc(Cl)ccc2Cl)CC1. The summed E-state index contributed by atoms with van der Waals surface area (Å²) in [5, 5.41) is 2.06. The molecule has 2 rings (SSSR count). The maximum atomic E-state index is 12.6. The number of carbonyl (C=O) groups excluding carboxylic acids is 1. The number of benzene rings is 1. The van der Waals surface area contributed by atoms with Gasteiger partial charge in [-0.2, -0.15) is 17.5 Å². The largest absolute Gasteiger partial charge is 0.405 e. The molecule has 0 aromatic heterocycles. The third-order valence-electron chi connectivity index (χ3n) is 3.80. The molecule has 0 aliphatic carbocycles. The number of nitrogens with zero attached hydrogens (tertiary/aromatic N) is 1. The van der Waals surface area contributed by atoms with Crippen LogP contribution in [0, 0.1) is 5.92 Å². The van der Waals surface area contributed by atoms with Crippen molar-refractivity contribution >= 4 is 39.1 Å². The lowest BCUT2D eigenvalue weighted by Crippen LogP contribution is -2.44. The number of alkyl halides is 3. The molecule has 1 aliphatic heterocycles. The van der Waals surface area contributed by atoms with Crippen molar-refractivity contribution in [2.24, 2.45) is 5.92 Å². The number of hydrogen-bond donors (Lipinski definition) is 1. The van der Waals surface area contributed by atoms with Crippen molar-refractivity contribution in [3.63, 3.8) is 0 Å². The molecule has 0 atom stereocenters. The molecule has 0 bridgehead atoms. The van der Waals surface area contributed by atoms with Crippen LogP contribution in [0.2, 0.25) is 10.0 Å². The number of hydrogen-bond acceptors (Lipinski definition) is 3. The molecule has 140 valence electrons. The first-order valence-corrected chi connectivity index (χ1v) is 9.50. The summed E-state index contributed by atoms with van der Waals surface area (Å²) >= 11 is 11.7. The molecule has 1 saturated heterocycles. The Bertz CT molecular complexity index is 748. The maximum absolute atomic E-state index is 12.6. The van der Waals surface area contributed by atoms with Crippen LogP contribution in [0.15, 0.2) is 23.1 Å². The van der Waals surface area contributed by atoms with Gasteiger partial charge in [0.1, 0.15) is 11.4 Å². The quantitative estimate of drug-likeness (QED) is 0.816. The molecule has 1 N–H and O–H groups in total. The second kappa shape index (κ2) is 7.69. The Labute approximate surface area is 153 Å². The molecule has 5 nitrogen and oxygen atoms in total. The van der Waals surface area contributed by atoms with Crippen molar-refractivity contribution in [3.05, 3.63) is 28.2 Å². The van der Waals surface area contributed by atoms with Crippen LogP contribution >= 0.6 is 23.2 Å². The highest BCUT2D eigenvalue weighted by atomic mass is 35.5. The van der Waals surface area contributed by atoms with Crippen LogP contribution in [0.25, 0.3) is 0 Å². The van der Waals surface area contributed by atoms with Crippen molar-refractivity contribution in [1.82, 2.24) is 9.62 Å². The summed E-state index contributed by atoms with van der Waals surface area (Å²) in [5.74, 6) is -1.39. The van der Waals surface area contributed by atoms with Crippen LogP contribution in [-0.4, -0.2) is 44.4 Å². The van der Waals surface area contributed by atoms with Crippen LogP contribution in [0.3, 0.4) is 0 Å². The van der Waals surface area contributed by atoms with Gasteiger partial charge in [0.2, 0.25) is 15.9 Å². The predicted molar refractivity (Wildman–Crippen MR) is 87.0 cm³/mol. The average Bonchev–Trinajstić information content (AvgIpc) is 2.54. The van der Waals surface area contributed by atoms with E-state index in [4.69, 9.17) is 23.2 Å². The number of piperidine rings is 1. The van der Waals surface area contributed by atoms with Gasteiger partial charge in [-0.25, -0.2) is 8.42 Å². The minimum absolute atomic E-state index is 0.00921. The fourth-order valence-corrected chi connectivity index (χ4v) is 4.71. The number of nitrogens with one attached hydrogen (secondary N) is 1. The molecule has 1 heterocycles. The van der Waals surface area contributed by atoms with E-state index in [2.05, 4.69) is 0 Å². The summed E-state index contributed by atoms with van der Waals surface area (Å²) in [5.41, 5.74) is 0. The Morgan fingerprint density at radius 1 is 1.24 bits per heavy atom. The standard InChI is InChI=1S/C14H15Cl2F3N2O3S/c15-10-1-2-11(16)12(7-10)25(23,24)21-5-3-9(4-6-21)13(22)20-8-14(17,18)19/h1-2,7,9H,3-6,8H2,(H,20,22). The zero-order valence-corrected chi connectivity index (χ0v) is 15.1. The molecule has 1 fully saturated rings. The number of carbonyl (C=O) groups is 1. The highest BCUT2D eigenvalue weighted by Crippen LogP contribution is 2.30. The monoisotopic (exact) mass is 418 g/mol. The van der Waals surface area contributed by atoms with Gasteiger partial charge in [0, 0.05) is 24.0 Å². The van der Waals surface area contributed by atoms with Crippen molar-refractivity contribution in [1.29, 1.82) is 0 Å². The predicted octanol–water partition coefficient (Wildman–Crippen LogP) is 3.07. The van der Waals surface area contributed by atoms with E-state index in [0.29, 0.717) is 0 Å². The molecule has 11 heteroatoms. The van der Waals surface area contributed by atoms with E-state index in [1.165, 1.54) is 18.2 Å². The van der Waals surface area contributed by atoms with Gasteiger partial charge in [0.05, 0.1) is 5.02 Å². The Morgan fingerprint density at radius 3 is 2.40 bits per heavy atom. The molecule has 0 spiro atoms. The summed E-state index contributed by atoms with van der Waals surface area (Å²) in [6.07, 6.45) is -4.23. The van der Waals surface area contributed by atoms with Crippen molar-refractivity contribution in [2.45, 2.75) is 23.9 Å². The average molecular weight is 419 g/mol. The fourth-order valence-electron chi connectivity index (χ4n) is 2.50. The molecule has 1 aliphatic rings. The Morgan fingerprint density at radius 2 is 1.84 bits per heavy atom. The van der Waals surface area contributed by atoms with Gasteiger partial charge in [-0.3, -0.25) is 4.79 Å². The number of amides is 1. The third-order valence-corrected chi connectivity index (χ3v) is 6.41. The van der Waals surface area contributed by atoms with E-state index in [1.54, 1.807) is 0 Å². The topological polar surface area (TPSA) is 66.5 Å². The van der Waals surface area contributed by atoms with E-state index in [1.807, 2.05) is 5.32 Å². The zero-order chi connectivity index (χ0) is 18.8.